The van der Waals surface area contributed by atoms with Gasteiger partial charge in [0.1, 0.15) is 5.50 Å². The van der Waals surface area contributed by atoms with Gasteiger partial charge < -0.3 is 5.11 Å². The zero-order valence-corrected chi connectivity index (χ0v) is 9.31. The molecule has 1 aliphatic heterocycles. The minimum atomic E-state index is 0.294. The molecular formula is C9H19N3OS. The fraction of sp³-hybridized carbons (Fsp3) is 1.00. The van der Waals surface area contributed by atoms with Gasteiger partial charge in [-0.05, 0) is 37.6 Å². The SMILES string of the molecule is CC1NSC(N[C@@H]2CCC[C@H]2CO)N1. The second-order valence-electron chi connectivity index (χ2n) is 4.15. The second-order valence-corrected chi connectivity index (χ2v) is 5.09. The highest BCUT2D eigenvalue weighted by molar-refractivity contribution is 7.98. The van der Waals surface area contributed by atoms with Crippen molar-refractivity contribution >= 4 is 11.9 Å². The molecule has 0 aromatic carbocycles. The van der Waals surface area contributed by atoms with Gasteiger partial charge in [0.2, 0.25) is 0 Å². The molecule has 0 radical (unpaired) electrons. The summed E-state index contributed by atoms with van der Waals surface area (Å²) in [6.45, 7) is 2.42. The largest absolute Gasteiger partial charge is 0.396 e. The third-order valence-corrected chi connectivity index (χ3v) is 4.02. The van der Waals surface area contributed by atoms with Crippen molar-refractivity contribution in [2.75, 3.05) is 6.61 Å². The number of aliphatic hydroxyl groups excluding tert-OH is 1. The molecule has 0 amide bonds. The molecule has 4 atom stereocenters. The summed E-state index contributed by atoms with van der Waals surface area (Å²) in [4.78, 5) is 0. The van der Waals surface area contributed by atoms with E-state index in [1.165, 1.54) is 12.8 Å². The lowest BCUT2D eigenvalue weighted by atomic mass is 10.1. The van der Waals surface area contributed by atoms with E-state index in [4.69, 9.17) is 0 Å². The van der Waals surface area contributed by atoms with Gasteiger partial charge in [0.15, 0.2) is 0 Å². The zero-order valence-electron chi connectivity index (χ0n) is 8.49. The predicted molar refractivity (Wildman–Crippen MR) is 58.5 cm³/mol. The van der Waals surface area contributed by atoms with Gasteiger partial charge in [-0.3, -0.25) is 10.6 Å². The van der Waals surface area contributed by atoms with E-state index in [1.807, 2.05) is 0 Å². The van der Waals surface area contributed by atoms with Crippen molar-refractivity contribution < 1.29 is 5.11 Å². The minimum Gasteiger partial charge on any atom is -0.396 e. The van der Waals surface area contributed by atoms with Crippen LogP contribution < -0.4 is 15.4 Å². The second kappa shape index (κ2) is 4.81. The molecule has 0 bridgehead atoms. The Hall–Kier alpha value is 0.190. The third kappa shape index (κ3) is 2.41. The van der Waals surface area contributed by atoms with Gasteiger partial charge in [0.25, 0.3) is 0 Å². The van der Waals surface area contributed by atoms with E-state index in [0.717, 1.165) is 6.42 Å². The number of aliphatic hydroxyl groups is 1. The molecule has 1 heterocycles. The first-order valence-corrected chi connectivity index (χ1v) is 6.21. The smallest absolute Gasteiger partial charge is 0.121 e. The van der Waals surface area contributed by atoms with Crippen LogP contribution in [-0.4, -0.2) is 29.4 Å². The predicted octanol–water partition coefficient (Wildman–Crippen LogP) is 0.208. The van der Waals surface area contributed by atoms with Crippen molar-refractivity contribution in [1.82, 2.24) is 15.4 Å². The highest BCUT2D eigenvalue weighted by Gasteiger charge is 2.30. The molecule has 2 aliphatic rings. The Kier molecular flexibility index (Phi) is 3.67. The van der Waals surface area contributed by atoms with E-state index in [1.54, 1.807) is 11.9 Å². The summed E-state index contributed by atoms with van der Waals surface area (Å²) in [5.41, 5.74) is 0.294. The van der Waals surface area contributed by atoms with Crippen LogP contribution in [-0.2, 0) is 0 Å². The van der Waals surface area contributed by atoms with Gasteiger partial charge in [-0.1, -0.05) is 6.42 Å². The first-order valence-electron chi connectivity index (χ1n) is 5.33. The minimum absolute atomic E-state index is 0.294. The van der Waals surface area contributed by atoms with Crippen LogP contribution in [0, 0.1) is 5.92 Å². The monoisotopic (exact) mass is 217 g/mol. The Morgan fingerprint density at radius 1 is 1.50 bits per heavy atom. The van der Waals surface area contributed by atoms with E-state index in [2.05, 4.69) is 22.3 Å². The first kappa shape index (κ1) is 10.7. The maximum atomic E-state index is 9.18. The standard InChI is InChI=1S/C9H19N3OS/c1-6-10-9(14-12-6)11-8-4-2-3-7(8)5-13/h6-13H,2-5H2,1H3/t6?,7-,8+,9?/m0/s1. The Balaban J connectivity index is 1.79. The van der Waals surface area contributed by atoms with Crippen LogP contribution in [0.1, 0.15) is 26.2 Å². The van der Waals surface area contributed by atoms with Gasteiger partial charge in [-0.25, -0.2) is 4.72 Å². The Morgan fingerprint density at radius 3 is 3.00 bits per heavy atom. The number of hydrogen-bond donors (Lipinski definition) is 4. The fourth-order valence-electron chi connectivity index (χ4n) is 2.22. The fourth-order valence-corrected chi connectivity index (χ4v) is 3.14. The molecule has 2 fully saturated rings. The van der Waals surface area contributed by atoms with Crippen molar-refractivity contribution in [3.8, 4) is 0 Å². The molecular weight excluding hydrogens is 198 g/mol. The molecule has 2 unspecified atom stereocenters. The third-order valence-electron chi connectivity index (χ3n) is 3.02. The first-order chi connectivity index (χ1) is 6.79. The Bertz CT molecular complexity index is 193. The van der Waals surface area contributed by atoms with E-state index in [9.17, 15) is 5.11 Å². The lowest BCUT2D eigenvalue weighted by Crippen LogP contribution is -2.46. The van der Waals surface area contributed by atoms with Crippen LogP contribution in [0.4, 0.5) is 0 Å². The summed E-state index contributed by atoms with van der Waals surface area (Å²) in [6, 6.07) is 0.483. The van der Waals surface area contributed by atoms with Crippen molar-refractivity contribution in [3.63, 3.8) is 0 Å². The molecule has 4 N–H and O–H groups in total. The molecule has 1 saturated carbocycles. The lowest BCUT2D eigenvalue weighted by molar-refractivity contribution is 0.202. The molecule has 0 aromatic rings. The topological polar surface area (TPSA) is 56.3 Å². The quantitative estimate of drug-likeness (QED) is 0.509. The van der Waals surface area contributed by atoms with Crippen LogP contribution in [0.5, 0.6) is 0 Å². The summed E-state index contributed by atoms with van der Waals surface area (Å²) in [5.74, 6) is 0.452. The van der Waals surface area contributed by atoms with Crippen molar-refractivity contribution in [2.24, 2.45) is 5.92 Å². The molecule has 1 aliphatic carbocycles. The summed E-state index contributed by atoms with van der Waals surface area (Å²) in [7, 11) is 0. The van der Waals surface area contributed by atoms with E-state index in [0.29, 0.717) is 30.2 Å². The zero-order chi connectivity index (χ0) is 9.97. The van der Waals surface area contributed by atoms with Gasteiger partial charge >= 0.3 is 0 Å². The molecule has 82 valence electrons. The van der Waals surface area contributed by atoms with Crippen LogP contribution in [0.3, 0.4) is 0 Å². The summed E-state index contributed by atoms with van der Waals surface area (Å²) >= 11 is 1.70. The molecule has 0 spiro atoms. The maximum Gasteiger partial charge on any atom is 0.121 e. The van der Waals surface area contributed by atoms with E-state index < -0.39 is 0 Å². The average molecular weight is 217 g/mol. The van der Waals surface area contributed by atoms with Crippen molar-refractivity contribution in [1.29, 1.82) is 0 Å². The molecule has 2 rings (SSSR count). The molecule has 1 saturated heterocycles. The number of rotatable bonds is 3. The summed E-state index contributed by atoms with van der Waals surface area (Å²) in [5, 5.41) is 16.1. The highest BCUT2D eigenvalue weighted by atomic mass is 32.2. The number of hydrogen-bond acceptors (Lipinski definition) is 5. The highest BCUT2D eigenvalue weighted by Crippen LogP contribution is 2.26. The Labute approximate surface area is 89.3 Å². The van der Waals surface area contributed by atoms with Crippen molar-refractivity contribution in [3.05, 3.63) is 0 Å². The van der Waals surface area contributed by atoms with E-state index in [-0.39, 0.29) is 0 Å². The lowest BCUT2D eigenvalue weighted by Gasteiger charge is -2.22. The summed E-state index contributed by atoms with van der Waals surface area (Å²) < 4.78 is 3.26. The van der Waals surface area contributed by atoms with Crippen molar-refractivity contribution in [2.45, 2.75) is 43.9 Å². The van der Waals surface area contributed by atoms with Gasteiger partial charge in [0, 0.05) is 12.6 Å². The van der Waals surface area contributed by atoms with Crippen LogP contribution in [0.25, 0.3) is 0 Å². The molecule has 4 nitrogen and oxygen atoms in total. The van der Waals surface area contributed by atoms with Crippen LogP contribution >= 0.6 is 11.9 Å². The number of nitrogens with one attached hydrogen (secondary N) is 3. The molecule has 14 heavy (non-hydrogen) atoms. The molecule has 5 heteroatoms. The molecule has 0 aromatic heterocycles. The Morgan fingerprint density at radius 2 is 2.36 bits per heavy atom. The van der Waals surface area contributed by atoms with Gasteiger partial charge in [0.05, 0.1) is 6.17 Å². The van der Waals surface area contributed by atoms with E-state index >= 15 is 0 Å². The average Bonchev–Trinajstić information content (AvgIpc) is 2.76. The maximum absolute atomic E-state index is 9.18. The van der Waals surface area contributed by atoms with Gasteiger partial charge in [-0.2, -0.15) is 0 Å². The van der Waals surface area contributed by atoms with Crippen LogP contribution in [0.2, 0.25) is 0 Å². The van der Waals surface area contributed by atoms with Gasteiger partial charge in [-0.15, -0.1) is 0 Å². The summed E-state index contributed by atoms with van der Waals surface area (Å²) in [6.07, 6.45) is 3.96. The normalized spacial score (nSPS) is 43.3. The van der Waals surface area contributed by atoms with Crippen LogP contribution in [0.15, 0.2) is 0 Å².